The van der Waals surface area contributed by atoms with Crippen LogP contribution in [-0.2, 0) is 28.9 Å². The molecule has 1 aliphatic carbocycles. The summed E-state index contributed by atoms with van der Waals surface area (Å²) in [5, 5.41) is 3.83. The number of anilines is 1. The lowest BCUT2D eigenvalue weighted by atomic mass is 9.93. The molecule has 2 aromatic rings. The van der Waals surface area contributed by atoms with Crippen molar-refractivity contribution >= 4 is 16.7 Å². The van der Waals surface area contributed by atoms with Gasteiger partial charge in [0.25, 0.3) is 0 Å². The SMILES string of the molecule is COc1nc2c(NC3CCOCC3)c3c(nc2cc1COCCN1CCCC1)CCCC3. The van der Waals surface area contributed by atoms with E-state index >= 15 is 0 Å². The van der Waals surface area contributed by atoms with E-state index in [2.05, 4.69) is 16.3 Å². The van der Waals surface area contributed by atoms with Crippen LogP contribution in [-0.4, -0.2) is 67.5 Å². The molecule has 0 unspecified atom stereocenters. The van der Waals surface area contributed by atoms with Crippen molar-refractivity contribution < 1.29 is 14.2 Å². The first-order valence-corrected chi connectivity index (χ1v) is 12.4. The maximum atomic E-state index is 6.02. The molecular formula is C25H36N4O3. The van der Waals surface area contributed by atoms with Crippen LogP contribution in [0, 0.1) is 0 Å². The smallest absolute Gasteiger partial charge is 0.219 e. The van der Waals surface area contributed by atoms with Gasteiger partial charge >= 0.3 is 0 Å². The summed E-state index contributed by atoms with van der Waals surface area (Å²) in [6, 6.07) is 2.54. The van der Waals surface area contributed by atoms with E-state index in [1.807, 2.05) is 0 Å². The van der Waals surface area contributed by atoms with Crippen molar-refractivity contribution in [3.05, 3.63) is 22.9 Å². The quantitative estimate of drug-likeness (QED) is 0.628. The first kappa shape index (κ1) is 21.9. The molecule has 4 heterocycles. The highest BCUT2D eigenvalue weighted by Crippen LogP contribution is 2.35. The van der Waals surface area contributed by atoms with Gasteiger partial charge in [-0.2, -0.15) is 0 Å². The van der Waals surface area contributed by atoms with E-state index in [0.29, 0.717) is 18.5 Å². The number of hydrogen-bond acceptors (Lipinski definition) is 7. The predicted molar refractivity (Wildman–Crippen MR) is 126 cm³/mol. The van der Waals surface area contributed by atoms with Crippen molar-refractivity contribution in [1.82, 2.24) is 14.9 Å². The molecular weight excluding hydrogens is 404 g/mol. The largest absolute Gasteiger partial charge is 0.481 e. The second-order valence-electron chi connectivity index (χ2n) is 9.28. The predicted octanol–water partition coefficient (Wildman–Crippen LogP) is 3.72. The van der Waals surface area contributed by atoms with Crippen molar-refractivity contribution in [3.8, 4) is 5.88 Å². The van der Waals surface area contributed by atoms with E-state index in [4.69, 9.17) is 24.2 Å². The highest BCUT2D eigenvalue weighted by molar-refractivity contribution is 5.91. The van der Waals surface area contributed by atoms with Gasteiger partial charge in [0.05, 0.1) is 31.5 Å². The van der Waals surface area contributed by atoms with Crippen molar-refractivity contribution in [2.75, 3.05) is 51.9 Å². The van der Waals surface area contributed by atoms with Crippen molar-refractivity contribution in [3.63, 3.8) is 0 Å². The van der Waals surface area contributed by atoms with Crippen molar-refractivity contribution in [1.29, 1.82) is 0 Å². The van der Waals surface area contributed by atoms with E-state index in [1.54, 1.807) is 7.11 Å². The summed E-state index contributed by atoms with van der Waals surface area (Å²) in [5.74, 6) is 0.645. The van der Waals surface area contributed by atoms with Crippen LogP contribution in [0.1, 0.15) is 55.3 Å². The molecule has 7 nitrogen and oxygen atoms in total. The number of pyridine rings is 2. The number of rotatable bonds is 8. The van der Waals surface area contributed by atoms with Crippen LogP contribution in [0.4, 0.5) is 5.69 Å². The molecule has 2 aliphatic heterocycles. The van der Waals surface area contributed by atoms with E-state index in [9.17, 15) is 0 Å². The van der Waals surface area contributed by atoms with Gasteiger partial charge < -0.3 is 24.4 Å². The summed E-state index contributed by atoms with van der Waals surface area (Å²) < 4.78 is 17.3. The second-order valence-corrected chi connectivity index (χ2v) is 9.28. The first-order chi connectivity index (χ1) is 15.8. The summed E-state index contributed by atoms with van der Waals surface area (Å²) in [5.41, 5.74) is 6.58. The molecule has 2 fully saturated rings. The molecule has 0 aromatic carbocycles. The summed E-state index contributed by atoms with van der Waals surface area (Å²) in [7, 11) is 1.69. The average Bonchev–Trinajstić information content (AvgIpc) is 3.35. The fourth-order valence-electron chi connectivity index (χ4n) is 5.23. The highest BCUT2D eigenvalue weighted by Gasteiger charge is 2.24. The lowest BCUT2D eigenvalue weighted by molar-refractivity contribution is 0.0904. The molecule has 7 heteroatoms. The van der Waals surface area contributed by atoms with Crippen molar-refractivity contribution in [2.45, 2.75) is 64.0 Å². The Hall–Kier alpha value is -1.96. The summed E-state index contributed by atoms with van der Waals surface area (Å²) in [6.45, 7) is 6.26. The third kappa shape index (κ3) is 4.85. The number of hydrogen-bond donors (Lipinski definition) is 1. The van der Waals surface area contributed by atoms with Gasteiger partial charge in [-0.25, -0.2) is 4.98 Å². The van der Waals surface area contributed by atoms with Crippen LogP contribution in [0.2, 0.25) is 0 Å². The van der Waals surface area contributed by atoms with Crippen LogP contribution in [0.5, 0.6) is 5.88 Å². The van der Waals surface area contributed by atoms with Crippen LogP contribution >= 0.6 is 0 Å². The molecule has 2 aromatic heterocycles. The van der Waals surface area contributed by atoms with Gasteiger partial charge in [0.1, 0.15) is 5.52 Å². The molecule has 0 spiro atoms. The highest BCUT2D eigenvalue weighted by atomic mass is 16.5. The molecule has 5 rings (SSSR count). The summed E-state index contributed by atoms with van der Waals surface area (Å²) in [4.78, 5) is 12.5. The fourth-order valence-corrected chi connectivity index (χ4v) is 5.23. The Morgan fingerprint density at radius 3 is 2.72 bits per heavy atom. The number of ether oxygens (including phenoxy) is 3. The topological polar surface area (TPSA) is 68.7 Å². The first-order valence-electron chi connectivity index (χ1n) is 12.4. The zero-order valence-electron chi connectivity index (χ0n) is 19.3. The molecule has 1 N–H and O–H groups in total. The maximum absolute atomic E-state index is 6.02. The normalized spacial score (nSPS) is 19.9. The van der Waals surface area contributed by atoms with Gasteiger partial charge in [0.2, 0.25) is 5.88 Å². The zero-order chi connectivity index (χ0) is 21.8. The molecule has 0 amide bonds. The van der Waals surface area contributed by atoms with E-state index in [1.165, 1.54) is 50.0 Å². The van der Waals surface area contributed by atoms with E-state index in [0.717, 1.165) is 74.3 Å². The third-order valence-electron chi connectivity index (χ3n) is 7.05. The Balaban J connectivity index is 1.41. The molecule has 3 aliphatic rings. The molecule has 32 heavy (non-hydrogen) atoms. The van der Waals surface area contributed by atoms with Gasteiger partial charge in [0, 0.05) is 37.1 Å². The van der Waals surface area contributed by atoms with Gasteiger partial charge in [-0.1, -0.05) is 0 Å². The van der Waals surface area contributed by atoms with Crippen LogP contribution in [0.15, 0.2) is 6.07 Å². The lowest BCUT2D eigenvalue weighted by Crippen LogP contribution is -2.29. The average molecular weight is 441 g/mol. The number of fused-ring (bicyclic) bond motifs is 2. The number of aryl methyl sites for hydroxylation is 1. The molecule has 0 radical (unpaired) electrons. The lowest BCUT2D eigenvalue weighted by Gasteiger charge is -2.28. The van der Waals surface area contributed by atoms with Gasteiger partial charge in [-0.05, 0) is 76.1 Å². The Kier molecular flexibility index (Phi) is 7.05. The number of nitrogens with one attached hydrogen (secondary N) is 1. The number of aromatic nitrogens is 2. The molecule has 0 atom stereocenters. The Morgan fingerprint density at radius 2 is 1.91 bits per heavy atom. The minimum Gasteiger partial charge on any atom is -0.481 e. The molecule has 0 bridgehead atoms. The number of nitrogens with zero attached hydrogens (tertiary/aromatic N) is 3. The van der Waals surface area contributed by atoms with Crippen molar-refractivity contribution in [2.24, 2.45) is 0 Å². The maximum Gasteiger partial charge on any atom is 0.219 e. The van der Waals surface area contributed by atoms with Crippen LogP contribution in [0.25, 0.3) is 11.0 Å². The van der Waals surface area contributed by atoms with Crippen LogP contribution < -0.4 is 10.1 Å². The van der Waals surface area contributed by atoms with Gasteiger partial charge in [0.15, 0.2) is 0 Å². The summed E-state index contributed by atoms with van der Waals surface area (Å²) >= 11 is 0. The minimum absolute atomic E-state index is 0.418. The monoisotopic (exact) mass is 440 g/mol. The fraction of sp³-hybridized carbons (Fsp3) is 0.680. The standard InChI is InChI=1S/C25H36N4O3/c1-30-25-18(17-32-15-12-29-10-4-5-11-29)16-22-24(28-25)23(26-19-8-13-31-14-9-19)20-6-2-3-7-21(20)27-22/h16,19H,2-15,17H2,1H3,(H,26,27). The Labute approximate surface area is 190 Å². The Morgan fingerprint density at radius 1 is 1.09 bits per heavy atom. The van der Waals surface area contributed by atoms with E-state index in [-0.39, 0.29) is 0 Å². The molecule has 2 saturated heterocycles. The molecule has 174 valence electrons. The number of likely N-dealkylation sites (tertiary alicyclic amines) is 1. The zero-order valence-corrected chi connectivity index (χ0v) is 19.3. The van der Waals surface area contributed by atoms with E-state index < -0.39 is 0 Å². The Bertz CT molecular complexity index is 923. The second kappa shape index (κ2) is 10.3. The van der Waals surface area contributed by atoms with Crippen LogP contribution in [0.3, 0.4) is 0 Å². The number of methoxy groups -OCH3 is 1. The third-order valence-corrected chi connectivity index (χ3v) is 7.05. The molecule has 0 saturated carbocycles. The minimum atomic E-state index is 0.418. The summed E-state index contributed by atoms with van der Waals surface area (Å²) in [6.07, 6.45) is 9.19. The van der Waals surface area contributed by atoms with Gasteiger partial charge in [-0.15, -0.1) is 0 Å². The van der Waals surface area contributed by atoms with Gasteiger partial charge in [-0.3, -0.25) is 4.98 Å².